The van der Waals surface area contributed by atoms with E-state index < -0.39 is 5.82 Å². The fraction of sp³-hybridized carbons (Fsp3) is 0.346. The van der Waals surface area contributed by atoms with Crippen LogP contribution >= 0.6 is 0 Å². The van der Waals surface area contributed by atoms with Gasteiger partial charge >= 0.3 is 0 Å². The van der Waals surface area contributed by atoms with Crippen molar-refractivity contribution < 1.29 is 9.13 Å². The molecule has 1 N–H and O–H groups in total. The van der Waals surface area contributed by atoms with Crippen LogP contribution in [0.15, 0.2) is 47.3 Å². The number of hydrogen-bond acceptors (Lipinski definition) is 4. The zero-order valence-electron chi connectivity index (χ0n) is 18.5. The summed E-state index contributed by atoms with van der Waals surface area (Å²) in [6.07, 6.45) is 3.40. The monoisotopic (exact) mass is 444 g/mol. The van der Waals surface area contributed by atoms with Gasteiger partial charge in [-0.25, -0.2) is 9.24 Å². The van der Waals surface area contributed by atoms with Crippen LogP contribution in [0.25, 0.3) is 21.9 Å². The van der Waals surface area contributed by atoms with Crippen LogP contribution in [0.3, 0.4) is 0 Å². The Labute approximate surface area is 191 Å². The molecule has 2 aromatic carbocycles. The van der Waals surface area contributed by atoms with Crippen LogP contribution in [0, 0.1) is 25.2 Å². The van der Waals surface area contributed by atoms with E-state index in [1.54, 1.807) is 13.0 Å². The molecule has 2 aliphatic rings. The molecule has 2 fully saturated rings. The Balaban J connectivity index is 1.61. The van der Waals surface area contributed by atoms with E-state index in [9.17, 15) is 9.18 Å². The average Bonchev–Trinajstić information content (AvgIpc) is 3.55. The lowest BCUT2D eigenvalue weighted by molar-refractivity contribution is 0.248. The lowest BCUT2D eigenvalue weighted by Gasteiger charge is -2.18. The molecule has 7 heteroatoms. The number of rotatable bonds is 6. The van der Waals surface area contributed by atoms with Gasteiger partial charge in [0.2, 0.25) is 11.6 Å². The summed E-state index contributed by atoms with van der Waals surface area (Å²) >= 11 is 0. The van der Waals surface area contributed by atoms with Crippen LogP contribution in [-0.2, 0) is 0 Å². The van der Waals surface area contributed by atoms with E-state index in [2.05, 4.69) is 15.1 Å². The molecule has 1 aromatic heterocycles. The fourth-order valence-electron chi connectivity index (χ4n) is 4.26. The Kier molecular flexibility index (Phi) is 5.69. The van der Waals surface area contributed by atoms with Crippen molar-refractivity contribution in [2.45, 2.75) is 32.1 Å². The van der Waals surface area contributed by atoms with Crippen LogP contribution in [0.5, 0.6) is 5.88 Å². The molecule has 0 radical (unpaired) electrons. The van der Waals surface area contributed by atoms with Crippen molar-refractivity contribution in [3.63, 3.8) is 0 Å². The van der Waals surface area contributed by atoms with Gasteiger partial charge < -0.3 is 10.1 Å². The molecule has 1 saturated heterocycles. The largest absolute Gasteiger partial charge is 0.477 e. The van der Waals surface area contributed by atoms with Crippen molar-refractivity contribution in [2.24, 2.45) is 5.92 Å². The minimum absolute atomic E-state index is 0.0706. The van der Waals surface area contributed by atoms with Gasteiger partial charge in [0.1, 0.15) is 5.82 Å². The van der Waals surface area contributed by atoms with Crippen molar-refractivity contribution in [3.8, 4) is 23.0 Å². The Bertz CT molecular complexity index is 1280. The van der Waals surface area contributed by atoms with Crippen molar-refractivity contribution in [1.29, 1.82) is 0 Å². The summed E-state index contributed by atoms with van der Waals surface area (Å²) < 4.78 is 22.0. The molecule has 0 amide bonds. The maximum absolute atomic E-state index is 14.5. The molecule has 2 heterocycles. The van der Waals surface area contributed by atoms with Crippen LogP contribution in [0.1, 0.15) is 36.3 Å². The second-order valence-corrected chi connectivity index (χ2v) is 8.82. The van der Waals surface area contributed by atoms with E-state index in [4.69, 9.17) is 11.3 Å². The van der Waals surface area contributed by atoms with Gasteiger partial charge in [0, 0.05) is 18.0 Å². The fourth-order valence-corrected chi connectivity index (χ4v) is 4.26. The predicted molar refractivity (Wildman–Crippen MR) is 125 cm³/mol. The first-order chi connectivity index (χ1) is 16.0. The molecule has 0 unspecified atom stereocenters. The van der Waals surface area contributed by atoms with Gasteiger partial charge in [0.05, 0.1) is 24.4 Å². The zero-order chi connectivity index (χ0) is 22.9. The second-order valence-electron chi connectivity index (χ2n) is 8.82. The van der Waals surface area contributed by atoms with Gasteiger partial charge in [-0.1, -0.05) is 24.3 Å². The minimum atomic E-state index is -0.646. The first-order valence-electron chi connectivity index (χ1n) is 11.3. The molecule has 1 aliphatic heterocycles. The Morgan fingerprint density at radius 3 is 2.64 bits per heavy atom. The van der Waals surface area contributed by atoms with E-state index in [-0.39, 0.29) is 17.1 Å². The number of nitrogens with one attached hydrogen (secondary N) is 1. The molecule has 33 heavy (non-hydrogen) atoms. The lowest BCUT2D eigenvalue weighted by Crippen LogP contribution is -2.26. The summed E-state index contributed by atoms with van der Waals surface area (Å²) in [5.41, 5.74) is 2.42. The van der Waals surface area contributed by atoms with Crippen molar-refractivity contribution in [1.82, 2.24) is 14.9 Å². The summed E-state index contributed by atoms with van der Waals surface area (Å²) in [4.78, 5) is 21.4. The molecule has 6 nitrogen and oxygen atoms in total. The third-order valence-electron chi connectivity index (χ3n) is 6.41. The summed E-state index contributed by atoms with van der Waals surface area (Å²) in [7, 11) is 0. The lowest BCUT2D eigenvalue weighted by atomic mass is 10.1. The van der Waals surface area contributed by atoms with Gasteiger partial charge in [-0.3, -0.25) is 9.36 Å². The van der Waals surface area contributed by atoms with Crippen molar-refractivity contribution in [2.75, 3.05) is 19.7 Å². The molecule has 0 spiro atoms. The third-order valence-corrected chi connectivity index (χ3v) is 6.41. The van der Waals surface area contributed by atoms with Crippen LogP contribution in [-0.4, -0.2) is 29.2 Å². The van der Waals surface area contributed by atoms with Crippen molar-refractivity contribution >= 4 is 5.69 Å². The van der Waals surface area contributed by atoms with Gasteiger partial charge in [-0.2, -0.15) is 4.98 Å². The molecule has 3 aromatic rings. The topological polar surface area (TPSA) is 60.5 Å². The molecule has 5 rings (SSSR count). The van der Waals surface area contributed by atoms with Crippen molar-refractivity contribution in [3.05, 3.63) is 81.2 Å². The van der Waals surface area contributed by atoms with Crippen LogP contribution in [0.4, 0.5) is 10.1 Å². The van der Waals surface area contributed by atoms with Gasteiger partial charge in [0.15, 0.2) is 5.82 Å². The predicted octanol–water partition coefficient (Wildman–Crippen LogP) is 4.76. The first kappa shape index (κ1) is 21.4. The second kappa shape index (κ2) is 8.80. The molecule has 0 bridgehead atoms. The highest BCUT2D eigenvalue weighted by Crippen LogP contribution is 2.40. The number of hydrogen-bond donors (Lipinski definition) is 1. The highest BCUT2D eigenvalue weighted by Gasteiger charge is 2.24. The minimum Gasteiger partial charge on any atom is -0.477 e. The van der Waals surface area contributed by atoms with E-state index in [0.717, 1.165) is 19.5 Å². The smallest absolute Gasteiger partial charge is 0.265 e. The number of aromatic nitrogens is 2. The van der Waals surface area contributed by atoms with Gasteiger partial charge in [-0.15, -0.1) is 0 Å². The Hall–Kier alpha value is -3.50. The number of nitrogens with zero attached hydrogens (tertiary/aromatic N) is 3. The molecular weight excluding hydrogens is 419 g/mol. The summed E-state index contributed by atoms with van der Waals surface area (Å²) in [5, 5.41) is 3.30. The standard InChI is InChI=1S/C26H25FN4O2/c1-16-25(33-15-17-11-12-29-14-17)30-24(20-7-10-23(28-2)22(27)13-20)31(26(16)32)21-8-5-19(6-9-21)18-3-4-18/h5-10,13,17-18,29H,3-4,11-12,14-15H2,1H3/t17-/m1/s1. The van der Waals surface area contributed by atoms with Gasteiger partial charge in [0.25, 0.3) is 5.56 Å². The van der Waals surface area contributed by atoms with Crippen LogP contribution in [0.2, 0.25) is 0 Å². The summed E-state index contributed by atoms with van der Waals surface area (Å²) in [6, 6.07) is 12.2. The SMILES string of the molecule is [C-]#[N+]c1ccc(-c2nc(OC[C@@H]3CCNC3)c(C)c(=O)n2-c2ccc(C3CC3)cc2)cc1F. The van der Waals surface area contributed by atoms with E-state index in [1.807, 2.05) is 24.3 Å². The zero-order valence-corrected chi connectivity index (χ0v) is 18.5. The molecule has 168 valence electrons. The third kappa shape index (κ3) is 4.27. The Morgan fingerprint density at radius 2 is 2.00 bits per heavy atom. The number of benzene rings is 2. The van der Waals surface area contributed by atoms with E-state index in [0.29, 0.717) is 41.1 Å². The highest BCUT2D eigenvalue weighted by molar-refractivity contribution is 5.64. The summed E-state index contributed by atoms with van der Waals surface area (Å²) in [6.45, 7) is 11.1. The van der Waals surface area contributed by atoms with Gasteiger partial charge in [-0.05, 0) is 62.4 Å². The molecule has 1 aliphatic carbocycles. The van der Waals surface area contributed by atoms with E-state index in [1.165, 1.54) is 35.1 Å². The molecular formula is C26H25FN4O2. The number of halogens is 1. The maximum Gasteiger partial charge on any atom is 0.265 e. The van der Waals surface area contributed by atoms with Crippen LogP contribution < -0.4 is 15.6 Å². The maximum atomic E-state index is 14.5. The van der Waals surface area contributed by atoms with E-state index >= 15 is 0 Å². The first-order valence-corrected chi connectivity index (χ1v) is 11.3. The summed E-state index contributed by atoms with van der Waals surface area (Å²) in [5.74, 6) is 0.878. The number of ether oxygens (including phenoxy) is 1. The normalized spacial score (nSPS) is 17.7. The molecule has 1 atom stereocenters. The Morgan fingerprint density at radius 1 is 1.21 bits per heavy atom. The average molecular weight is 445 g/mol. The highest BCUT2D eigenvalue weighted by atomic mass is 19.1. The quantitative estimate of drug-likeness (QED) is 0.557. The molecule has 1 saturated carbocycles.